The van der Waals surface area contributed by atoms with Crippen LogP contribution >= 0.6 is 11.3 Å². The lowest BCUT2D eigenvalue weighted by atomic mass is 10.0. The number of aliphatic hydroxyl groups is 1. The zero-order valence-corrected chi connectivity index (χ0v) is 12.3. The van der Waals surface area contributed by atoms with E-state index in [1.807, 2.05) is 13.0 Å². The summed E-state index contributed by atoms with van der Waals surface area (Å²) in [6.45, 7) is 2.79. The molecule has 0 spiro atoms. The average molecular weight is 293 g/mol. The van der Waals surface area contributed by atoms with Gasteiger partial charge in [0.05, 0.1) is 22.5 Å². The Morgan fingerprint density at radius 2 is 2.45 bits per heavy atom. The summed E-state index contributed by atoms with van der Waals surface area (Å²) in [5, 5.41) is 11.7. The topological polar surface area (TPSA) is 58.6 Å². The summed E-state index contributed by atoms with van der Waals surface area (Å²) in [6, 6.07) is 3.83. The largest absolute Gasteiger partial charge is 0.395 e. The number of amides is 1. The third kappa shape index (κ3) is 4.34. The summed E-state index contributed by atoms with van der Waals surface area (Å²) in [7, 11) is 0. The predicted molar refractivity (Wildman–Crippen MR) is 78.8 cm³/mol. The van der Waals surface area contributed by atoms with Crippen molar-refractivity contribution in [3.63, 3.8) is 0 Å². The first-order valence-corrected chi connectivity index (χ1v) is 7.62. The van der Waals surface area contributed by atoms with Crippen LogP contribution in [0.5, 0.6) is 0 Å². The molecule has 0 aliphatic carbocycles. The first kappa shape index (κ1) is 15.0. The van der Waals surface area contributed by atoms with Crippen molar-refractivity contribution < 1.29 is 14.6 Å². The van der Waals surface area contributed by atoms with E-state index in [2.05, 4.69) is 17.2 Å². The number of nitrogens with one attached hydrogen (secondary N) is 1. The van der Waals surface area contributed by atoms with Crippen LogP contribution in [0.1, 0.15) is 40.7 Å². The lowest BCUT2D eigenvalue weighted by molar-refractivity contribution is 0.0137. The molecule has 0 radical (unpaired) electrons. The van der Waals surface area contributed by atoms with E-state index in [4.69, 9.17) is 9.84 Å². The van der Waals surface area contributed by atoms with Gasteiger partial charge in [0, 0.05) is 19.1 Å². The Hall–Kier alpha value is -1.35. The zero-order valence-electron chi connectivity index (χ0n) is 11.5. The van der Waals surface area contributed by atoms with E-state index in [0.29, 0.717) is 17.9 Å². The Bertz CT molecular complexity index is 515. The van der Waals surface area contributed by atoms with Crippen LogP contribution in [-0.2, 0) is 4.74 Å². The normalized spacial score (nSPS) is 21.9. The second-order valence-corrected chi connectivity index (χ2v) is 5.90. The van der Waals surface area contributed by atoms with Gasteiger partial charge in [0.2, 0.25) is 0 Å². The highest BCUT2D eigenvalue weighted by molar-refractivity contribution is 7.14. The molecule has 20 heavy (non-hydrogen) atoms. The molecule has 1 amide bonds. The van der Waals surface area contributed by atoms with Crippen molar-refractivity contribution in [1.29, 1.82) is 0 Å². The van der Waals surface area contributed by atoms with Gasteiger partial charge in [-0.25, -0.2) is 0 Å². The summed E-state index contributed by atoms with van der Waals surface area (Å²) in [4.78, 5) is 13.7. The van der Waals surface area contributed by atoms with E-state index < -0.39 is 0 Å². The minimum atomic E-state index is -0.0377. The maximum atomic E-state index is 12.1. The minimum Gasteiger partial charge on any atom is -0.395 e. The highest BCUT2D eigenvalue weighted by atomic mass is 32.1. The van der Waals surface area contributed by atoms with Crippen molar-refractivity contribution >= 4 is 17.2 Å². The second kappa shape index (κ2) is 7.44. The molecule has 2 heterocycles. The molecule has 1 aromatic rings. The van der Waals surface area contributed by atoms with Gasteiger partial charge in [-0.15, -0.1) is 11.3 Å². The van der Waals surface area contributed by atoms with Gasteiger partial charge in [0.25, 0.3) is 5.91 Å². The average Bonchev–Trinajstić information content (AvgIpc) is 2.88. The molecule has 108 valence electrons. The van der Waals surface area contributed by atoms with E-state index in [9.17, 15) is 4.79 Å². The van der Waals surface area contributed by atoms with Gasteiger partial charge in [-0.3, -0.25) is 4.79 Å². The molecule has 1 aliphatic rings. The first-order chi connectivity index (χ1) is 9.69. The van der Waals surface area contributed by atoms with Crippen LogP contribution in [0.4, 0.5) is 0 Å². The van der Waals surface area contributed by atoms with Gasteiger partial charge in [0.1, 0.15) is 0 Å². The summed E-state index contributed by atoms with van der Waals surface area (Å²) in [5.41, 5.74) is 0. The van der Waals surface area contributed by atoms with Crippen molar-refractivity contribution in [2.24, 2.45) is 0 Å². The molecule has 0 bridgehead atoms. The fourth-order valence-corrected chi connectivity index (χ4v) is 2.90. The standard InChI is InChI=1S/C15H19NO3S/c1-11-10-12(7-9-19-11)16-15(18)14-6-5-13(20-14)4-2-3-8-17/h5-6,11-12,17H,3,7-10H2,1H3,(H,16,18). The van der Waals surface area contributed by atoms with Crippen LogP contribution in [0.2, 0.25) is 0 Å². The predicted octanol–water partition coefficient (Wildman–Crippen LogP) is 1.78. The second-order valence-electron chi connectivity index (χ2n) is 4.82. The molecule has 5 heteroatoms. The third-order valence-electron chi connectivity index (χ3n) is 3.10. The van der Waals surface area contributed by atoms with Crippen LogP contribution < -0.4 is 5.32 Å². The molecule has 2 atom stereocenters. The number of ether oxygens (including phenoxy) is 1. The number of carbonyl (C=O) groups is 1. The molecule has 2 unspecified atom stereocenters. The monoisotopic (exact) mass is 293 g/mol. The smallest absolute Gasteiger partial charge is 0.261 e. The molecular formula is C15H19NO3S. The molecule has 0 aromatic carbocycles. The first-order valence-electron chi connectivity index (χ1n) is 6.81. The molecule has 2 rings (SSSR count). The summed E-state index contributed by atoms with van der Waals surface area (Å²) in [6.07, 6.45) is 2.39. The molecule has 1 saturated heterocycles. The van der Waals surface area contributed by atoms with Crippen LogP contribution in [-0.4, -0.2) is 36.4 Å². The molecule has 2 N–H and O–H groups in total. The van der Waals surface area contributed by atoms with Crippen LogP contribution in [0.15, 0.2) is 12.1 Å². The highest BCUT2D eigenvalue weighted by Crippen LogP contribution is 2.18. The van der Waals surface area contributed by atoms with Gasteiger partial charge >= 0.3 is 0 Å². The van der Waals surface area contributed by atoms with Gasteiger partial charge in [-0.1, -0.05) is 11.8 Å². The number of hydrogen-bond acceptors (Lipinski definition) is 4. The lowest BCUT2D eigenvalue weighted by Crippen LogP contribution is -2.41. The summed E-state index contributed by atoms with van der Waals surface area (Å²) < 4.78 is 5.47. The van der Waals surface area contributed by atoms with E-state index in [1.165, 1.54) is 11.3 Å². The Kier molecular flexibility index (Phi) is 5.60. The summed E-state index contributed by atoms with van der Waals surface area (Å²) in [5.74, 6) is 5.76. The van der Waals surface area contributed by atoms with Gasteiger partial charge in [0.15, 0.2) is 0 Å². The van der Waals surface area contributed by atoms with Crippen molar-refractivity contribution in [2.75, 3.05) is 13.2 Å². The quantitative estimate of drug-likeness (QED) is 0.835. The van der Waals surface area contributed by atoms with Crippen molar-refractivity contribution in [1.82, 2.24) is 5.32 Å². The zero-order chi connectivity index (χ0) is 14.4. The van der Waals surface area contributed by atoms with E-state index >= 15 is 0 Å². The molecule has 4 nitrogen and oxygen atoms in total. The van der Waals surface area contributed by atoms with Crippen LogP contribution in [0, 0.1) is 11.8 Å². The SMILES string of the molecule is CC1CC(NC(=O)c2ccc(C#CCCO)s2)CCO1. The fraction of sp³-hybridized carbons (Fsp3) is 0.533. The van der Waals surface area contributed by atoms with Crippen LogP contribution in [0.3, 0.4) is 0 Å². The molecule has 1 aromatic heterocycles. The Morgan fingerprint density at radius 1 is 1.60 bits per heavy atom. The molecule has 1 aliphatic heterocycles. The van der Waals surface area contributed by atoms with Gasteiger partial charge in [-0.05, 0) is 31.9 Å². The fourth-order valence-electron chi connectivity index (χ4n) is 2.12. The van der Waals surface area contributed by atoms with Crippen molar-refractivity contribution in [2.45, 2.75) is 38.3 Å². The molecule has 1 fully saturated rings. The van der Waals surface area contributed by atoms with Crippen molar-refractivity contribution in [3.05, 3.63) is 21.9 Å². The van der Waals surface area contributed by atoms with Crippen molar-refractivity contribution in [3.8, 4) is 11.8 Å². The maximum absolute atomic E-state index is 12.1. The lowest BCUT2D eigenvalue weighted by Gasteiger charge is -2.27. The Balaban J connectivity index is 1.91. The van der Waals surface area contributed by atoms with Gasteiger partial charge < -0.3 is 15.2 Å². The number of thiophene rings is 1. The highest BCUT2D eigenvalue weighted by Gasteiger charge is 2.21. The van der Waals surface area contributed by atoms with E-state index in [1.54, 1.807) is 6.07 Å². The van der Waals surface area contributed by atoms with E-state index in [0.717, 1.165) is 17.7 Å². The molecular weight excluding hydrogens is 274 g/mol. The number of aliphatic hydroxyl groups excluding tert-OH is 1. The van der Waals surface area contributed by atoms with Crippen LogP contribution in [0.25, 0.3) is 0 Å². The third-order valence-corrected chi connectivity index (χ3v) is 4.10. The number of carbonyl (C=O) groups excluding carboxylic acids is 1. The molecule has 0 saturated carbocycles. The summed E-state index contributed by atoms with van der Waals surface area (Å²) >= 11 is 1.38. The number of rotatable bonds is 3. The minimum absolute atomic E-state index is 0.0377. The number of hydrogen-bond donors (Lipinski definition) is 2. The maximum Gasteiger partial charge on any atom is 0.261 e. The van der Waals surface area contributed by atoms with Gasteiger partial charge in [-0.2, -0.15) is 0 Å². The Labute approximate surface area is 123 Å². The Morgan fingerprint density at radius 3 is 3.20 bits per heavy atom. The van der Waals surface area contributed by atoms with E-state index in [-0.39, 0.29) is 24.7 Å².